The Morgan fingerprint density at radius 3 is 1.03 bits per heavy atom. The molecule has 3 N–H and O–H groups in total. The second-order valence-corrected chi connectivity index (χ2v) is 46.9. The zero-order chi connectivity index (χ0) is 100. The largest absolute Gasteiger partial charge is 1.00 e. The monoisotopic (exact) mass is 2500 g/mol. The van der Waals surface area contributed by atoms with Crippen molar-refractivity contribution in [3.05, 3.63) is 249 Å². The molecule has 776 valence electrons. The third-order valence-corrected chi connectivity index (χ3v) is 31.2. The molecule has 0 saturated carbocycles. The molecule has 16 aromatic rings. The van der Waals surface area contributed by atoms with Crippen molar-refractivity contribution in [2.45, 2.75) is 151 Å². The van der Waals surface area contributed by atoms with Crippen molar-refractivity contribution in [2.75, 3.05) is 35.5 Å². The average molecular weight is 2510 g/mol. The van der Waals surface area contributed by atoms with E-state index in [1.165, 1.54) is 58.2 Å². The number of carboxylic acids is 1. The molecule has 2 atom stereocenters. The molecule has 0 bridgehead atoms. The van der Waals surface area contributed by atoms with Gasteiger partial charge in [0.05, 0.1) is 130 Å². The van der Waals surface area contributed by atoms with Crippen molar-refractivity contribution in [1.29, 1.82) is 10.5 Å². The summed E-state index contributed by atoms with van der Waals surface area (Å²) in [6.45, 7) is 21.6. The topological polar surface area (TPSA) is 378 Å². The zero-order valence-electron chi connectivity index (χ0n) is 79.3. The molecule has 12 heterocycles. The maximum Gasteiger partial charge on any atom is 1.00 e. The van der Waals surface area contributed by atoms with Crippen molar-refractivity contribution in [3.8, 4) is 34.4 Å². The number of hydrogen-bond donors (Lipinski definition) is 2. The van der Waals surface area contributed by atoms with Crippen molar-refractivity contribution in [3.63, 3.8) is 0 Å². The van der Waals surface area contributed by atoms with E-state index >= 15 is 0 Å². The van der Waals surface area contributed by atoms with Crippen LogP contribution in [-0.2, 0) is 101 Å². The number of aliphatic hydroxyl groups excluding tert-OH is 1. The van der Waals surface area contributed by atoms with Gasteiger partial charge >= 0.3 is 54.7 Å². The Bertz CT molecular complexity index is 7110. The third-order valence-electron chi connectivity index (χ3n) is 21.3. The number of methoxy groups -OCH3 is 5. The molecule has 16 rings (SSSR count). The normalized spacial score (nSPS) is 11.1. The number of hydrogen-bond acceptors (Lipinski definition) is 29. The van der Waals surface area contributed by atoms with Gasteiger partial charge in [-0.2, -0.15) is 10.5 Å². The molecule has 2 unspecified atom stereocenters. The molecule has 40 heteroatoms. The van der Waals surface area contributed by atoms with E-state index < -0.39 is 59.7 Å². The number of aldehydes is 1. The summed E-state index contributed by atoms with van der Waals surface area (Å²) >= 11 is 29.5. The molecule has 145 heavy (non-hydrogen) atoms. The number of aliphatic hydroxyl groups is 1. The molecule has 0 aliphatic rings. The number of aromatic nitrogens is 6. The van der Waals surface area contributed by atoms with Crippen LogP contribution in [0.2, 0.25) is 0 Å². The average Bonchev–Trinajstić information content (AvgIpc) is 1.76. The Morgan fingerprint density at radius 2 is 0.724 bits per heavy atom. The van der Waals surface area contributed by atoms with Crippen LogP contribution in [0.5, 0.6) is 0 Å². The molecule has 0 spiro atoms. The van der Waals surface area contributed by atoms with Crippen LogP contribution >= 0.6 is 165 Å². The van der Waals surface area contributed by atoms with Gasteiger partial charge in [-0.15, -0.1) is 79.6 Å². The van der Waals surface area contributed by atoms with E-state index in [4.69, 9.17) is 34.8 Å². The predicted octanol–water partition coefficient (Wildman–Crippen LogP) is 28.2. The van der Waals surface area contributed by atoms with Crippen molar-refractivity contribution in [2.24, 2.45) is 33.0 Å². The summed E-state index contributed by atoms with van der Waals surface area (Å²) in [5.41, 5.74) is 1.71. The van der Waals surface area contributed by atoms with E-state index in [2.05, 4.69) is 150 Å². The molecule has 24 nitrogen and oxygen atoms in total. The van der Waals surface area contributed by atoms with Gasteiger partial charge in [0.1, 0.15) is 6.10 Å². The number of ether oxygens (including phenoxy) is 5. The van der Waals surface area contributed by atoms with E-state index in [0.717, 1.165) is 158 Å². The van der Waals surface area contributed by atoms with Crippen LogP contribution in [0.15, 0.2) is 201 Å². The number of benzene rings is 4. The number of fused-ring (bicyclic) bond motifs is 8. The first-order valence-electron chi connectivity index (χ1n) is 41.1. The molecular formula is C105H117Br4Cl3LiN8O16PdS7-. The number of esters is 5. The minimum Gasteiger partial charge on any atom is -0.870 e. The van der Waals surface area contributed by atoms with Gasteiger partial charge in [-0.1, -0.05) is 112 Å². The van der Waals surface area contributed by atoms with Gasteiger partial charge in [0, 0.05) is 213 Å². The number of rotatable bonds is 19. The standard InChI is InChI=1S/C24H20N2O2S.C23H18N2O2S.C13H13BrClNO2S.C13H14BrNO3S.C13H14BrNO2S.C8H4BrNOS.C5H10O2.5CH4.CH3.Cl2OS.Li.H2O.Pd/c1-24(2,23(27)28-3)11-16-10-20-21(13-26-14-22(20)29-16)19-9-8-15(12-25)17-6-4-5-7-18(17)19;1-23(2,22(26)27)10-15-9-19-20(12-25-13-21(19)28-15)18-8-7-14(11-24)16-5-3-4-6-17(16)18;1-13(2,12(17)18-3)11(15)9-4-7-8(14)5-16-6-10(7)19-9;1-13(2,12(17)18-3)11(16)9-4-7-8(14)5-15-6-10(7)19-9;1-13(2,12(16)17-3)5-8-4-9-10(14)6-15-7-11(9)18-8;9-7-2-10-3-8-6(7)1-5(4-11)12-8;1-4(2)5(6)7-3;;;;;;;1-4(2)3;;;/h4-10,13-14H,11H2,1-3H3;3-9,12-13H,10H2,1-2H3,(H,26,27);4-6,11H,1-3H3;4-6,11,16H,1-3H3;4,6-7H,5H2,1-3H3;1-4H;4H,1-3H3;5*1H4;1H3;;;1H2;/q;;;;;;;;;;;;-1;;+1;;/p-1. The molecule has 0 aliphatic heterocycles. The molecule has 0 fully saturated rings. The molecule has 4 aromatic carbocycles. The van der Waals surface area contributed by atoms with E-state index in [0.29, 0.717) is 30.4 Å². The molecule has 0 aliphatic carbocycles. The van der Waals surface area contributed by atoms with Gasteiger partial charge in [-0.3, -0.25) is 63.5 Å². The first-order chi connectivity index (χ1) is 64.3. The molecular weight excluding hydrogens is 2390 g/mol. The predicted molar refractivity (Wildman–Crippen MR) is 607 cm³/mol. The third kappa shape index (κ3) is 34.6. The Balaban J connectivity index is 0.00000169. The summed E-state index contributed by atoms with van der Waals surface area (Å²) < 4.78 is 42.8. The number of halogens is 7. The van der Waals surface area contributed by atoms with Gasteiger partial charge in [0.15, 0.2) is 6.29 Å². The van der Waals surface area contributed by atoms with Gasteiger partial charge in [0.2, 0.25) is 9.23 Å². The molecule has 12 aromatic heterocycles. The van der Waals surface area contributed by atoms with Gasteiger partial charge < -0.3 is 46.8 Å². The summed E-state index contributed by atoms with van der Waals surface area (Å²) in [4.78, 5) is 110. The van der Waals surface area contributed by atoms with E-state index in [9.17, 15) is 54.3 Å². The summed E-state index contributed by atoms with van der Waals surface area (Å²) in [6, 6.07) is 40.1. The van der Waals surface area contributed by atoms with Crippen molar-refractivity contribution in [1.82, 2.24) is 29.9 Å². The minimum atomic E-state index is -1.67. The number of nitriles is 2. The SMILES string of the molecule is C.C.C.C.C.CC(C)(Cc1cc2c(-c3ccc(C#N)c4ccccc34)cncc2s1)C(=O)O.COC(=O)C(C)(C)C(Cl)c1cc2c(Br)cncc2s1.COC(=O)C(C)(C)C(O)c1cc2c(Br)cncc2s1.COC(=O)C(C)(C)Cc1cc2c(-c3ccc(C#N)c4ccccc34)cncc2s1.COC(=O)C(C)(C)Cc1cc2c(Br)cncc2s1.COC(=O)C(C)C.O=Cc1cc2c(Br)cncc2s1.O=S(Cl)Cl.[CH3-].[Li+].[OH-].[Pd]. The smallest absolute Gasteiger partial charge is 0.870 e. The number of carboxylic acid groups (broad SMARTS) is 1. The first-order valence-corrected chi connectivity index (χ1v) is 52.4. The van der Waals surface area contributed by atoms with Gasteiger partial charge in [-0.05, 0) is 223 Å². The number of carbonyl (C=O) groups is 7. The van der Waals surface area contributed by atoms with Crippen molar-refractivity contribution < 1.29 is 116 Å². The van der Waals surface area contributed by atoms with Crippen LogP contribution in [0.3, 0.4) is 0 Å². The van der Waals surface area contributed by atoms with Crippen LogP contribution in [0.4, 0.5) is 0 Å². The molecule has 0 radical (unpaired) electrons. The van der Waals surface area contributed by atoms with Crippen LogP contribution in [0.25, 0.3) is 104 Å². The number of carbonyl (C=O) groups excluding carboxylic acids is 6. The minimum absolute atomic E-state index is 0. The second kappa shape index (κ2) is 61.1. The van der Waals surface area contributed by atoms with E-state index in [1.807, 2.05) is 150 Å². The number of aliphatic carboxylic acids is 1. The first kappa shape index (κ1) is 137. The fraction of sp³-hybridized carbons (Fsp3) is 0.314. The Hall–Kier alpha value is -8.35. The van der Waals surface area contributed by atoms with Crippen LogP contribution in [0.1, 0.15) is 177 Å². The Labute approximate surface area is 948 Å². The summed E-state index contributed by atoms with van der Waals surface area (Å²) in [6.07, 6.45) is 23.2. The fourth-order valence-electron chi connectivity index (χ4n) is 13.9. The number of nitrogens with zero attached hydrogens (tertiary/aromatic N) is 8. The zero-order valence-corrected chi connectivity index (χ0v) is 95.2. The number of alkyl halides is 1. The quantitative estimate of drug-likeness (QED) is 0.0144. The van der Waals surface area contributed by atoms with E-state index in [1.54, 1.807) is 144 Å². The van der Waals surface area contributed by atoms with Crippen LogP contribution < -0.4 is 18.9 Å². The van der Waals surface area contributed by atoms with Gasteiger partial charge in [0.25, 0.3) is 0 Å². The second-order valence-electron chi connectivity index (χ2n) is 33.7. The Kier molecular flexibility index (Phi) is 57.6. The molecule has 0 saturated heterocycles. The van der Waals surface area contributed by atoms with Crippen molar-refractivity contribution >= 4 is 298 Å². The number of pyridine rings is 6. The van der Waals surface area contributed by atoms with E-state index in [-0.39, 0.29) is 119 Å². The van der Waals surface area contributed by atoms with Gasteiger partial charge in [-0.25, -0.2) is 4.21 Å². The Morgan fingerprint density at radius 1 is 0.428 bits per heavy atom. The summed E-state index contributed by atoms with van der Waals surface area (Å²) in [7, 11) is 14.3. The fourth-order valence-corrected chi connectivity index (χ4v) is 23.7. The maximum atomic E-state index is 12.1. The van der Waals surface area contributed by atoms with Crippen LogP contribution in [0, 0.1) is 63.1 Å². The molecule has 0 amide bonds. The summed E-state index contributed by atoms with van der Waals surface area (Å²) in [5, 5.41) is 48.6. The van der Waals surface area contributed by atoms with Crippen LogP contribution in [-0.4, -0.2) is 127 Å². The summed E-state index contributed by atoms with van der Waals surface area (Å²) in [5.74, 6) is -2.10. The maximum absolute atomic E-state index is 12.1. The number of thiophene rings is 6.